The highest BCUT2D eigenvalue weighted by Gasteiger charge is 2.28. The molecule has 0 spiro atoms. The molecule has 0 atom stereocenters. The highest BCUT2D eigenvalue weighted by Crippen LogP contribution is 2.23. The predicted octanol–water partition coefficient (Wildman–Crippen LogP) is 3.52. The Morgan fingerprint density at radius 2 is 1.70 bits per heavy atom. The summed E-state index contributed by atoms with van der Waals surface area (Å²) in [5.41, 5.74) is 2.25. The van der Waals surface area contributed by atoms with Crippen molar-refractivity contribution in [2.24, 2.45) is 0 Å². The lowest BCUT2D eigenvalue weighted by molar-refractivity contribution is 0.182. The van der Waals surface area contributed by atoms with Gasteiger partial charge in [-0.1, -0.05) is 30.7 Å². The fourth-order valence-electron chi connectivity index (χ4n) is 3.75. The van der Waals surface area contributed by atoms with E-state index < -0.39 is 10.0 Å². The van der Waals surface area contributed by atoms with E-state index in [-0.39, 0.29) is 10.5 Å². The second kappa shape index (κ2) is 8.51. The highest BCUT2D eigenvalue weighted by atomic mass is 35.5. The van der Waals surface area contributed by atoms with Gasteiger partial charge in [-0.3, -0.25) is 4.90 Å². The van der Waals surface area contributed by atoms with Gasteiger partial charge in [0.15, 0.2) is 0 Å². The van der Waals surface area contributed by atoms with Crippen LogP contribution >= 0.6 is 11.6 Å². The van der Waals surface area contributed by atoms with Gasteiger partial charge in [-0.15, -0.1) is 0 Å². The van der Waals surface area contributed by atoms with E-state index in [1.165, 1.54) is 22.5 Å². The number of nitrogens with zero attached hydrogens (tertiary/aromatic N) is 2. The van der Waals surface area contributed by atoms with Crippen molar-refractivity contribution in [3.05, 3.63) is 75.1 Å². The van der Waals surface area contributed by atoms with Crippen LogP contribution in [0, 0.1) is 0 Å². The Labute approximate surface area is 180 Å². The summed E-state index contributed by atoms with van der Waals surface area (Å²) in [6.45, 7) is 4.58. The molecule has 0 saturated carbocycles. The lowest BCUT2D eigenvalue weighted by atomic mass is 10.1. The molecule has 1 aliphatic heterocycles. The van der Waals surface area contributed by atoms with Crippen LogP contribution < -0.4 is 5.63 Å². The fourth-order valence-corrected chi connectivity index (χ4v) is 5.30. The average Bonchev–Trinajstić information content (AvgIpc) is 2.74. The molecular weight excluding hydrogens is 424 g/mol. The number of benzene rings is 2. The normalized spacial score (nSPS) is 16.2. The Morgan fingerprint density at radius 1 is 1.00 bits per heavy atom. The molecule has 0 amide bonds. The molecule has 1 aliphatic rings. The second-order valence-electron chi connectivity index (χ2n) is 7.41. The predicted molar refractivity (Wildman–Crippen MR) is 117 cm³/mol. The topological polar surface area (TPSA) is 70.8 Å². The Bertz CT molecular complexity index is 1210. The molecule has 2 heterocycles. The van der Waals surface area contributed by atoms with Crippen molar-refractivity contribution in [2.45, 2.75) is 24.8 Å². The van der Waals surface area contributed by atoms with Crippen molar-refractivity contribution in [1.82, 2.24) is 9.21 Å². The van der Waals surface area contributed by atoms with Gasteiger partial charge in [-0.2, -0.15) is 4.31 Å². The molecule has 1 aromatic heterocycles. The van der Waals surface area contributed by atoms with Gasteiger partial charge in [0.2, 0.25) is 10.0 Å². The van der Waals surface area contributed by atoms with Crippen molar-refractivity contribution in [1.29, 1.82) is 0 Å². The van der Waals surface area contributed by atoms with E-state index in [0.29, 0.717) is 43.3 Å². The van der Waals surface area contributed by atoms with Gasteiger partial charge in [0.25, 0.3) is 0 Å². The van der Waals surface area contributed by atoms with E-state index in [0.717, 1.165) is 22.9 Å². The van der Waals surface area contributed by atoms with Gasteiger partial charge in [0, 0.05) is 49.2 Å². The van der Waals surface area contributed by atoms with Crippen LogP contribution in [0.5, 0.6) is 0 Å². The third-order valence-electron chi connectivity index (χ3n) is 5.48. The number of piperazine rings is 1. The third kappa shape index (κ3) is 4.30. The number of sulfonamides is 1. The zero-order valence-electron chi connectivity index (χ0n) is 16.7. The first-order valence-corrected chi connectivity index (χ1v) is 11.7. The number of hydrogen-bond acceptors (Lipinski definition) is 5. The Kier molecular flexibility index (Phi) is 5.97. The van der Waals surface area contributed by atoms with Crippen LogP contribution in [0.25, 0.3) is 11.0 Å². The molecular formula is C22H23ClN2O4S. The molecule has 1 fully saturated rings. The van der Waals surface area contributed by atoms with Gasteiger partial charge in [0.1, 0.15) is 5.58 Å². The molecule has 0 unspecified atom stereocenters. The van der Waals surface area contributed by atoms with Gasteiger partial charge in [0.05, 0.1) is 4.90 Å². The van der Waals surface area contributed by atoms with Crippen LogP contribution in [0.2, 0.25) is 5.02 Å². The largest absolute Gasteiger partial charge is 0.423 e. The summed E-state index contributed by atoms with van der Waals surface area (Å²) >= 11 is 5.87. The zero-order valence-corrected chi connectivity index (χ0v) is 18.2. The van der Waals surface area contributed by atoms with Crippen LogP contribution in [0.3, 0.4) is 0 Å². The van der Waals surface area contributed by atoms with E-state index in [1.807, 2.05) is 18.2 Å². The maximum atomic E-state index is 12.9. The van der Waals surface area contributed by atoms with Crippen LogP contribution in [-0.4, -0.2) is 43.8 Å². The molecule has 2 aromatic carbocycles. The summed E-state index contributed by atoms with van der Waals surface area (Å²) < 4.78 is 32.6. The minimum Gasteiger partial charge on any atom is -0.423 e. The Morgan fingerprint density at radius 3 is 2.37 bits per heavy atom. The zero-order chi connectivity index (χ0) is 21.3. The quantitative estimate of drug-likeness (QED) is 0.561. The number of hydrogen-bond donors (Lipinski definition) is 0. The number of aryl methyl sites for hydroxylation is 1. The number of halogens is 1. The molecule has 0 aliphatic carbocycles. The lowest BCUT2D eigenvalue weighted by Crippen LogP contribution is -2.48. The molecule has 0 bridgehead atoms. The van der Waals surface area contributed by atoms with Crippen LogP contribution in [-0.2, 0) is 23.0 Å². The van der Waals surface area contributed by atoms with Gasteiger partial charge in [-0.05, 0) is 47.9 Å². The molecule has 6 nitrogen and oxygen atoms in total. The first-order valence-electron chi connectivity index (χ1n) is 9.90. The Balaban J connectivity index is 1.49. The lowest BCUT2D eigenvalue weighted by Gasteiger charge is -2.34. The van der Waals surface area contributed by atoms with E-state index >= 15 is 0 Å². The molecule has 8 heteroatoms. The summed E-state index contributed by atoms with van der Waals surface area (Å²) in [4.78, 5) is 14.4. The average molecular weight is 447 g/mol. The second-order valence-corrected chi connectivity index (χ2v) is 9.78. The molecule has 1 saturated heterocycles. The standard InChI is InChI=1S/C22H23ClN2O4S/c1-2-16-3-8-20-17(14-22(26)29-21(20)13-16)15-24-9-11-25(12-10-24)30(27,28)19-6-4-18(23)5-7-19/h3-8,13-14H,2,9-12,15H2,1H3. The third-order valence-corrected chi connectivity index (χ3v) is 7.64. The molecule has 4 rings (SSSR count). The van der Waals surface area contributed by atoms with Crippen molar-refractivity contribution in [3.8, 4) is 0 Å². The van der Waals surface area contributed by atoms with Crippen molar-refractivity contribution in [2.75, 3.05) is 26.2 Å². The highest BCUT2D eigenvalue weighted by molar-refractivity contribution is 7.89. The summed E-state index contributed by atoms with van der Waals surface area (Å²) in [5.74, 6) is 0. The van der Waals surface area contributed by atoms with E-state index in [2.05, 4.69) is 11.8 Å². The summed E-state index contributed by atoms with van der Waals surface area (Å²) in [5, 5.41) is 1.42. The summed E-state index contributed by atoms with van der Waals surface area (Å²) in [6, 6.07) is 13.7. The van der Waals surface area contributed by atoms with Crippen molar-refractivity contribution in [3.63, 3.8) is 0 Å². The summed E-state index contributed by atoms with van der Waals surface area (Å²) in [7, 11) is -3.54. The van der Waals surface area contributed by atoms with Crippen LogP contribution in [0.15, 0.2) is 62.6 Å². The smallest absolute Gasteiger partial charge is 0.336 e. The fraction of sp³-hybridized carbons (Fsp3) is 0.318. The first-order chi connectivity index (χ1) is 14.4. The van der Waals surface area contributed by atoms with Crippen LogP contribution in [0.4, 0.5) is 0 Å². The monoisotopic (exact) mass is 446 g/mol. The molecule has 0 N–H and O–H groups in total. The number of fused-ring (bicyclic) bond motifs is 1. The van der Waals surface area contributed by atoms with Gasteiger partial charge < -0.3 is 4.42 Å². The molecule has 0 radical (unpaired) electrons. The number of rotatable bonds is 5. The van der Waals surface area contributed by atoms with Crippen LogP contribution in [0.1, 0.15) is 18.1 Å². The molecule has 158 valence electrons. The maximum absolute atomic E-state index is 12.9. The van der Waals surface area contributed by atoms with E-state index in [4.69, 9.17) is 16.0 Å². The van der Waals surface area contributed by atoms with Gasteiger partial charge >= 0.3 is 5.63 Å². The first kappa shape index (κ1) is 21.1. The summed E-state index contributed by atoms with van der Waals surface area (Å²) in [6.07, 6.45) is 0.869. The molecule has 30 heavy (non-hydrogen) atoms. The van der Waals surface area contributed by atoms with Crippen molar-refractivity contribution >= 4 is 32.6 Å². The minimum absolute atomic E-state index is 0.249. The Hall–Kier alpha value is -2.19. The van der Waals surface area contributed by atoms with E-state index in [9.17, 15) is 13.2 Å². The SMILES string of the molecule is CCc1ccc2c(CN3CCN(S(=O)(=O)c4ccc(Cl)cc4)CC3)cc(=O)oc2c1. The van der Waals surface area contributed by atoms with Crippen molar-refractivity contribution < 1.29 is 12.8 Å². The maximum Gasteiger partial charge on any atom is 0.336 e. The minimum atomic E-state index is -3.54. The molecule has 3 aromatic rings. The van der Waals surface area contributed by atoms with E-state index in [1.54, 1.807) is 12.1 Å². The van der Waals surface area contributed by atoms with Gasteiger partial charge in [-0.25, -0.2) is 13.2 Å².